The maximum atomic E-state index is 11.8. The third-order valence-corrected chi connectivity index (χ3v) is 3.77. The smallest absolute Gasteiger partial charge is 0.244 e. The highest BCUT2D eigenvalue weighted by Gasteiger charge is 2.10. The first-order chi connectivity index (χ1) is 9.99. The van der Waals surface area contributed by atoms with Crippen LogP contribution in [0.15, 0.2) is 29.5 Å². The molecule has 0 saturated heterocycles. The van der Waals surface area contributed by atoms with Gasteiger partial charge in [0.1, 0.15) is 0 Å². The van der Waals surface area contributed by atoms with Gasteiger partial charge < -0.3 is 0 Å². The molecule has 2 rings (SSSR count). The van der Waals surface area contributed by atoms with E-state index in [1.165, 1.54) is 0 Å². The predicted molar refractivity (Wildman–Crippen MR) is 83.8 cm³/mol. The fraction of sp³-hybridized carbons (Fsp3) is 0.214. The van der Waals surface area contributed by atoms with Gasteiger partial charge >= 0.3 is 0 Å². The van der Waals surface area contributed by atoms with Crippen LogP contribution in [-0.2, 0) is 18.3 Å². The number of hydrogen-bond acceptors (Lipinski definition) is 3. The number of carbonyl (C=O) groups is 1. The molecule has 0 bridgehead atoms. The Balaban J connectivity index is 1.98. The van der Waals surface area contributed by atoms with Gasteiger partial charge in [0.25, 0.3) is 0 Å². The minimum atomic E-state index is -0.289. The molecule has 0 aliphatic rings. The highest BCUT2D eigenvalue weighted by Crippen LogP contribution is 2.24. The van der Waals surface area contributed by atoms with Gasteiger partial charge in [0.05, 0.1) is 18.8 Å². The van der Waals surface area contributed by atoms with Crippen molar-refractivity contribution in [3.8, 4) is 0 Å². The molecular weight excluding hydrogens is 311 g/mol. The van der Waals surface area contributed by atoms with Crippen molar-refractivity contribution < 1.29 is 4.79 Å². The molecule has 0 atom stereocenters. The molecule has 0 fully saturated rings. The van der Waals surface area contributed by atoms with Gasteiger partial charge in [-0.05, 0) is 24.6 Å². The largest absolute Gasteiger partial charge is 0.273 e. The second-order valence-corrected chi connectivity index (χ2v) is 5.29. The lowest BCUT2D eigenvalue weighted by Crippen LogP contribution is -2.20. The van der Waals surface area contributed by atoms with Crippen molar-refractivity contribution in [2.45, 2.75) is 13.3 Å². The van der Waals surface area contributed by atoms with Crippen LogP contribution >= 0.6 is 23.2 Å². The maximum absolute atomic E-state index is 11.8. The molecule has 5 nitrogen and oxygen atoms in total. The Bertz CT molecular complexity index is 674. The first kappa shape index (κ1) is 15.5. The van der Waals surface area contributed by atoms with Gasteiger partial charge in [0.15, 0.2) is 0 Å². The van der Waals surface area contributed by atoms with Crippen LogP contribution in [0.5, 0.6) is 0 Å². The molecule has 110 valence electrons. The predicted octanol–water partition coefficient (Wildman–Crippen LogP) is 2.73. The van der Waals surface area contributed by atoms with Crippen molar-refractivity contribution in [3.05, 3.63) is 51.3 Å². The maximum Gasteiger partial charge on any atom is 0.244 e. The normalized spacial score (nSPS) is 11.0. The third-order valence-electron chi connectivity index (χ3n) is 3.07. The lowest BCUT2D eigenvalue weighted by molar-refractivity contribution is -0.120. The number of nitrogens with zero attached hydrogens (tertiary/aromatic N) is 3. The van der Waals surface area contributed by atoms with Crippen LogP contribution < -0.4 is 5.43 Å². The number of halogens is 2. The first-order valence-corrected chi connectivity index (χ1v) is 6.98. The Labute approximate surface area is 132 Å². The van der Waals surface area contributed by atoms with Gasteiger partial charge in [-0.3, -0.25) is 9.48 Å². The van der Waals surface area contributed by atoms with E-state index in [1.807, 2.05) is 14.0 Å². The molecule has 0 aliphatic carbocycles. The van der Waals surface area contributed by atoms with Crippen LogP contribution in [0, 0.1) is 6.92 Å². The van der Waals surface area contributed by atoms with Crippen molar-refractivity contribution >= 4 is 35.3 Å². The van der Waals surface area contributed by atoms with E-state index >= 15 is 0 Å². The quantitative estimate of drug-likeness (QED) is 0.694. The van der Waals surface area contributed by atoms with E-state index in [0.717, 1.165) is 11.3 Å². The molecule has 1 aromatic carbocycles. The number of aryl methyl sites for hydroxylation is 1. The fourth-order valence-electron chi connectivity index (χ4n) is 1.72. The highest BCUT2D eigenvalue weighted by molar-refractivity contribution is 6.36. The molecule has 1 N–H and O–H groups in total. The van der Waals surface area contributed by atoms with Crippen LogP contribution in [0.25, 0.3) is 0 Å². The Kier molecular flexibility index (Phi) is 4.98. The number of hydrogen-bond donors (Lipinski definition) is 1. The zero-order chi connectivity index (χ0) is 15.4. The van der Waals surface area contributed by atoms with Gasteiger partial charge in [0.2, 0.25) is 5.91 Å². The molecule has 2 aromatic rings. The average molecular weight is 325 g/mol. The van der Waals surface area contributed by atoms with Gasteiger partial charge in [-0.1, -0.05) is 29.3 Å². The monoisotopic (exact) mass is 324 g/mol. The number of aromatic nitrogens is 2. The van der Waals surface area contributed by atoms with Crippen molar-refractivity contribution in [1.29, 1.82) is 0 Å². The summed E-state index contributed by atoms with van der Waals surface area (Å²) in [4.78, 5) is 11.8. The summed E-state index contributed by atoms with van der Waals surface area (Å²) in [7, 11) is 1.84. The Morgan fingerprint density at radius 1 is 1.43 bits per heavy atom. The third kappa shape index (κ3) is 3.83. The topological polar surface area (TPSA) is 59.3 Å². The second kappa shape index (κ2) is 6.74. The van der Waals surface area contributed by atoms with Gasteiger partial charge in [-0.2, -0.15) is 10.2 Å². The molecule has 0 spiro atoms. The summed E-state index contributed by atoms with van der Waals surface area (Å²) < 4.78 is 1.73. The molecule has 21 heavy (non-hydrogen) atoms. The van der Waals surface area contributed by atoms with Crippen molar-refractivity contribution in [3.63, 3.8) is 0 Å². The highest BCUT2D eigenvalue weighted by atomic mass is 35.5. The van der Waals surface area contributed by atoms with E-state index in [1.54, 1.807) is 35.3 Å². The zero-order valence-electron chi connectivity index (χ0n) is 11.6. The summed E-state index contributed by atoms with van der Waals surface area (Å²) in [5.74, 6) is -0.289. The van der Waals surface area contributed by atoms with Crippen LogP contribution in [0.3, 0.4) is 0 Å². The lowest BCUT2D eigenvalue weighted by atomic mass is 10.1. The molecule has 0 saturated carbocycles. The van der Waals surface area contributed by atoms with E-state index in [4.69, 9.17) is 23.2 Å². The molecular formula is C14H14Cl2N4O. The number of rotatable bonds is 4. The van der Waals surface area contributed by atoms with Crippen molar-refractivity contribution in [2.75, 3.05) is 0 Å². The molecule has 1 heterocycles. The van der Waals surface area contributed by atoms with E-state index in [2.05, 4.69) is 15.6 Å². The van der Waals surface area contributed by atoms with Crippen LogP contribution in [0.2, 0.25) is 10.0 Å². The molecule has 0 aliphatic heterocycles. The summed E-state index contributed by atoms with van der Waals surface area (Å²) in [5.41, 5.74) is 4.84. The summed E-state index contributed by atoms with van der Waals surface area (Å²) in [5, 5.41) is 8.92. The van der Waals surface area contributed by atoms with E-state index in [-0.39, 0.29) is 12.3 Å². The summed E-state index contributed by atoms with van der Waals surface area (Å²) in [6, 6.07) is 5.12. The summed E-state index contributed by atoms with van der Waals surface area (Å²) >= 11 is 12.0. The number of amides is 1. The Morgan fingerprint density at radius 3 is 2.67 bits per heavy atom. The fourth-order valence-corrected chi connectivity index (χ4v) is 2.25. The summed E-state index contributed by atoms with van der Waals surface area (Å²) in [6.07, 6.45) is 3.30. The summed E-state index contributed by atoms with van der Waals surface area (Å²) in [6.45, 7) is 1.92. The minimum absolute atomic E-state index is 0.0713. The van der Waals surface area contributed by atoms with Gasteiger partial charge in [-0.25, -0.2) is 5.43 Å². The Morgan fingerprint density at radius 2 is 2.10 bits per heavy atom. The number of benzene rings is 1. The standard InChI is InChI=1S/C14H14Cl2N4O/c1-9-10(8-18-20(9)2)7-17-19-14(21)6-11-12(15)4-3-5-13(11)16/h3-5,7-8H,6H2,1-2H3,(H,19,21)/b17-7+. The van der Waals surface area contributed by atoms with Gasteiger partial charge in [-0.15, -0.1) is 0 Å². The van der Waals surface area contributed by atoms with Crippen molar-refractivity contribution in [1.82, 2.24) is 15.2 Å². The molecule has 0 unspecified atom stereocenters. The van der Waals surface area contributed by atoms with Crippen LogP contribution in [-0.4, -0.2) is 21.9 Å². The van der Waals surface area contributed by atoms with Crippen LogP contribution in [0.4, 0.5) is 0 Å². The van der Waals surface area contributed by atoms with Crippen LogP contribution in [0.1, 0.15) is 16.8 Å². The molecule has 1 aromatic heterocycles. The van der Waals surface area contributed by atoms with E-state index in [9.17, 15) is 4.79 Å². The van der Waals surface area contributed by atoms with E-state index in [0.29, 0.717) is 15.6 Å². The molecule has 1 amide bonds. The minimum Gasteiger partial charge on any atom is -0.273 e. The molecule has 7 heteroatoms. The van der Waals surface area contributed by atoms with E-state index < -0.39 is 0 Å². The first-order valence-electron chi connectivity index (χ1n) is 6.22. The lowest BCUT2D eigenvalue weighted by Gasteiger charge is -2.05. The second-order valence-electron chi connectivity index (χ2n) is 4.48. The average Bonchev–Trinajstić information content (AvgIpc) is 2.75. The molecule has 0 radical (unpaired) electrons. The number of nitrogens with one attached hydrogen (secondary N) is 1. The van der Waals surface area contributed by atoms with Crippen molar-refractivity contribution in [2.24, 2.45) is 12.1 Å². The zero-order valence-corrected chi connectivity index (χ0v) is 13.1. The number of hydrazone groups is 1. The number of carbonyl (C=O) groups excluding carboxylic acids is 1. The van der Waals surface area contributed by atoms with Gasteiger partial charge in [0, 0.05) is 28.4 Å². The SMILES string of the molecule is Cc1c(/C=N/NC(=O)Cc2c(Cl)cccc2Cl)cnn1C. The Hall–Kier alpha value is -1.85.